The van der Waals surface area contributed by atoms with Crippen molar-refractivity contribution in [3.05, 3.63) is 95.1 Å². The zero-order chi connectivity index (χ0) is 22.0. The summed E-state index contributed by atoms with van der Waals surface area (Å²) >= 11 is 0. The topological polar surface area (TPSA) is 58.6 Å². The number of hydrogen-bond acceptors (Lipinski definition) is 3. The Kier molecular flexibility index (Phi) is 4.00. The maximum absolute atomic E-state index is 14.1. The van der Waals surface area contributed by atoms with Crippen molar-refractivity contribution in [1.29, 1.82) is 0 Å². The van der Waals surface area contributed by atoms with Gasteiger partial charge in [0.2, 0.25) is 0 Å². The molecule has 3 heterocycles. The number of amides is 2. The van der Waals surface area contributed by atoms with Crippen LogP contribution in [0, 0.1) is 12.8 Å². The first-order valence-electron chi connectivity index (χ1n) is 11.0. The lowest BCUT2D eigenvalue weighted by Gasteiger charge is -2.38. The van der Waals surface area contributed by atoms with Crippen molar-refractivity contribution in [1.82, 2.24) is 4.90 Å². The van der Waals surface area contributed by atoms with E-state index in [1.165, 1.54) is 0 Å². The van der Waals surface area contributed by atoms with Gasteiger partial charge in [0.25, 0.3) is 11.8 Å². The predicted octanol–water partition coefficient (Wildman–Crippen LogP) is 4.70. The van der Waals surface area contributed by atoms with Crippen LogP contribution in [0.1, 0.15) is 45.9 Å². The number of carbonyl (C=O) groups is 2. The third-order valence-electron chi connectivity index (χ3n) is 7.38. The minimum Gasteiger partial charge on any atom is -0.493 e. The number of fused-ring (bicyclic) bond motifs is 6. The minimum absolute atomic E-state index is 0.0426. The van der Waals surface area contributed by atoms with E-state index in [9.17, 15) is 9.59 Å². The second kappa shape index (κ2) is 6.70. The van der Waals surface area contributed by atoms with Gasteiger partial charge < -0.3 is 15.0 Å². The molecule has 0 unspecified atom stereocenters. The number of ether oxygens (including phenoxy) is 1. The molecule has 3 aromatic carbocycles. The van der Waals surface area contributed by atoms with E-state index < -0.39 is 5.54 Å². The van der Waals surface area contributed by atoms with Gasteiger partial charge in [-0.15, -0.1) is 0 Å². The van der Waals surface area contributed by atoms with Crippen molar-refractivity contribution in [2.45, 2.75) is 31.3 Å². The van der Waals surface area contributed by atoms with Crippen LogP contribution in [0.4, 0.5) is 5.69 Å². The summed E-state index contributed by atoms with van der Waals surface area (Å²) in [6.45, 7) is 4.33. The maximum atomic E-state index is 14.1. The lowest BCUT2D eigenvalue weighted by molar-refractivity contribution is -0.125. The fraction of sp³-hybridized carbons (Fsp3) is 0.259. The molecule has 32 heavy (non-hydrogen) atoms. The number of hydrogen-bond donors (Lipinski definition) is 1. The lowest BCUT2D eigenvalue weighted by atomic mass is 9.73. The van der Waals surface area contributed by atoms with Crippen LogP contribution in [0.2, 0.25) is 0 Å². The fourth-order valence-corrected chi connectivity index (χ4v) is 5.98. The van der Waals surface area contributed by atoms with E-state index in [-0.39, 0.29) is 29.7 Å². The number of nitrogens with zero attached hydrogens (tertiary/aromatic N) is 1. The molecule has 2 amide bonds. The summed E-state index contributed by atoms with van der Waals surface area (Å²) in [5.74, 6) is 0.258. The monoisotopic (exact) mass is 424 g/mol. The van der Waals surface area contributed by atoms with Gasteiger partial charge in [0.1, 0.15) is 11.3 Å². The normalized spacial score (nSPS) is 27.9. The smallest absolute Gasteiger partial charge is 0.257 e. The highest BCUT2D eigenvalue weighted by atomic mass is 16.5. The molecule has 5 heteroatoms. The molecule has 3 aliphatic heterocycles. The van der Waals surface area contributed by atoms with Gasteiger partial charge in [-0.1, -0.05) is 54.6 Å². The van der Waals surface area contributed by atoms with Crippen molar-refractivity contribution >= 4 is 17.5 Å². The zero-order valence-corrected chi connectivity index (χ0v) is 18.0. The number of aryl methyl sites for hydroxylation is 1. The first-order chi connectivity index (χ1) is 15.5. The third kappa shape index (κ3) is 2.45. The SMILES string of the molecule is Cc1ccc2c(c1)NC(=O)[C@@]1(C)[C@@H](c3ccccc3)[C@H]3COc4ccccc4[C@@H]3N1C2=O. The third-order valence-corrected chi connectivity index (χ3v) is 7.38. The number of carbonyl (C=O) groups excluding carboxylic acids is 2. The highest BCUT2D eigenvalue weighted by Crippen LogP contribution is 2.59. The molecule has 1 saturated heterocycles. The molecule has 1 fully saturated rings. The molecule has 6 rings (SSSR count). The fourth-order valence-electron chi connectivity index (χ4n) is 5.98. The van der Waals surface area contributed by atoms with E-state index in [0.717, 1.165) is 22.4 Å². The van der Waals surface area contributed by atoms with Crippen LogP contribution >= 0.6 is 0 Å². The molecular weight excluding hydrogens is 400 g/mol. The largest absolute Gasteiger partial charge is 0.493 e. The van der Waals surface area contributed by atoms with Gasteiger partial charge in [0.05, 0.1) is 23.9 Å². The summed E-state index contributed by atoms with van der Waals surface area (Å²) in [7, 11) is 0. The molecule has 160 valence electrons. The Morgan fingerprint density at radius 1 is 1.00 bits per heavy atom. The molecule has 0 saturated carbocycles. The molecule has 4 atom stereocenters. The molecule has 0 aliphatic carbocycles. The van der Waals surface area contributed by atoms with Gasteiger partial charge in [0, 0.05) is 17.4 Å². The Bertz CT molecular complexity index is 1250. The van der Waals surface area contributed by atoms with Crippen LogP contribution < -0.4 is 10.1 Å². The Hall–Kier alpha value is -3.60. The Balaban J connectivity index is 1.63. The molecule has 0 spiro atoms. The molecule has 0 bridgehead atoms. The summed E-state index contributed by atoms with van der Waals surface area (Å²) in [6, 6.07) is 23.3. The van der Waals surface area contributed by atoms with Crippen LogP contribution in [0.25, 0.3) is 0 Å². The van der Waals surface area contributed by atoms with Crippen molar-refractivity contribution in [3.8, 4) is 5.75 Å². The van der Waals surface area contributed by atoms with Gasteiger partial charge in [0.15, 0.2) is 0 Å². The molecule has 0 radical (unpaired) electrons. The van der Waals surface area contributed by atoms with Gasteiger partial charge in [-0.05, 0) is 43.2 Å². The van der Waals surface area contributed by atoms with Crippen molar-refractivity contribution in [2.24, 2.45) is 5.92 Å². The first kappa shape index (κ1) is 19.1. The van der Waals surface area contributed by atoms with Gasteiger partial charge in [-0.3, -0.25) is 9.59 Å². The van der Waals surface area contributed by atoms with Crippen molar-refractivity contribution in [3.63, 3.8) is 0 Å². The van der Waals surface area contributed by atoms with Crippen LogP contribution in [-0.2, 0) is 4.79 Å². The van der Waals surface area contributed by atoms with E-state index in [4.69, 9.17) is 4.74 Å². The number of rotatable bonds is 1. The number of anilines is 1. The molecule has 5 nitrogen and oxygen atoms in total. The maximum Gasteiger partial charge on any atom is 0.257 e. The summed E-state index contributed by atoms with van der Waals surface area (Å²) in [4.78, 5) is 29.9. The van der Waals surface area contributed by atoms with E-state index in [1.54, 1.807) is 0 Å². The molecular formula is C27H24N2O3. The highest BCUT2D eigenvalue weighted by Gasteiger charge is 2.65. The van der Waals surface area contributed by atoms with Crippen LogP contribution in [0.15, 0.2) is 72.8 Å². The predicted molar refractivity (Wildman–Crippen MR) is 122 cm³/mol. The number of benzene rings is 3. The van der Waals surface area contributed by atoms with Gasteiger partial charge in [-0.2, -0.15) is 0 Å². The molecule has 3 aliphatic rings. The Labute approximate surface area is 187 Å². The Morgan fingerprint density at radius 3 is 2.56 bits per heavy atom. The Morgan fingerprint density at radius 2 is 1.75 bits per heavy atom. The molecule has 1 N–H and O–H groups in total. The standard InChI is InChI=1S/C27H24N2O3/c1-16-12-13-18-21(14-16)28-26(31)27(2)23(17-8-4-3-5-9-17)20-15-32-22-11-7-6-10-19(22)24(20)29(27)25(18)30/h3-14,20,23-24H,15H2,1-2H3,(H,28,31)/t20-,23+,24+,27-/m1/s1. The summed E-state index contributed by atoms with van der Waals surface area (Å²) in [6.07, 6.45) is 0. The minimum atomic E-state index is -1.07. The van der Waals surface area contributed by atoms with Crippen molar-refractivity contribution < 1.29 is 14.3 Å². The summed E-state index contributed by atoms with van der Waals surface area (Å²) in [5, 5.41) is 3.10. The zero-order valence-electron chi connectivity index (χ0n) is 18.0. The number of para-hydroxylation sites is 1. The quantitative estimate of drug-likeness (QED) is 0.616. The second-order valence-electron chi connectivity index (χ2n) is 9.17. The second-order valence-corrected chi connectivity index (χ2v) is 9.17. The summed E-state index contributed by atoms with van der Waals surface area (Å²) < 4.78 is 6.16. The summed E-state index contributed by atoms with van der Waals surface area (Å²) in [5.41, 5.74) is 3.05. The highest BCUT2D eigenvalue weighted by molar-refractivity contribution is 6.12. The molecule has 3 aromatic rings. The van der Waals surface area contributed by atoms with Crippen LogP contribution in [0.3, 0.4) is 0 Å². The van der Waals surface area contributed by atoms with Gasteiger partial charge in [-0.25, -0.2) is 0 Å². The lowest BCUT2D eigenvalue weighted by Crippen LogP contribution is -2.54. The van der Waals surface area contributed by atoms with Gasteiger partial charge >= 0.3 is 0 Å². The number of nitrogens with one attached hydrogen (secondary N) is 1. The molecule has 0 aromatic heterocycles. The van der Waals surface area contributed by atoms with Crippen LogP contribution in [-0.4, -0.2) is 28.9 Å². The average Bonchev–Trinajstić information content (AvgIpc) is 3.05. The van der Waals surface area contributed by atoms with E-state index in [1.807, 2.05) is 79.4 Å². The average molecular weight is 425 g/mol. The van der Waals surface area contributed by atoms with E-state index in [0.29, 0.717) is 17.9 Å². The van der Waals surface area contributed by atoms with E-state index in [2.05, 4.69) is 17.4 Å². The van der Waals surface area contributed by atoms with Crippen molar-refractivity contribution in [2.75, 3.05) is 11.9 Å². The first-order valence-corrected chi connectivity index (χ1v) is 11.0. The van der Waals surface area contributed by atoms with E-state index >= 15 is 0 Å². The van der Waals surface area contributed by atoms with Crippen LogP contribution in [0.5, 0.6) is 5.75 Å².